The standard InChI is InChI=1S/C27H35N5O4S/c1-17(2)13-20-15-23(29-24-21(25(33)34)14-18(16-28-24)22-7-6-12-37-22)30-32(20)19-8-10-31(11-9-19)26(35)36-27(3,4)5/h6-7,12,14-17,19H,8-11,13H2,1-5H3,(H,33,34)(H,28,29,30). The van der Waals surface area contributed by atoms with Crippen LogP contribution in [0.4, 0.5) is 16.4 Å². The van der Waals surface area contributed by atoms with Gasteiger partial charge in [-0.3, -0.25) is 4.68 Å². The van der Waals surface area contributed by atoms with E-state index in [0.717, 1.165) is 35.4 Å². The van der Waals surface area contributed by atoms with Crippen molar-refractivity contribution in [1.29, 1.82) is 0 Å². The lowest BCUT2D eigenvalue weighted by molar-refractivity contribution is 0.0183. The first kappa shape index (κ1) is 26.7. The molecule has 1 amide bonds. The molecule has 0 radical (unpaired) electrons. The molecule has 4 rings (SSSR count). The fourth-order valence-electron chi connectivity index (χ4n) is 4.43. The Hall–Kier alpha value is -3.40. The monoisotopic (exact) mass is 525 g/mol. The molecule has 0 saturated carbocycles. The number of likely N-dealkylation sites (tertiary alicyclic amines) is 1. The molecular weight excluding hydrogens is 490 g/mol. The fourth-order valence-corrected chi connectivity index (χ4v) is 5.14. The number of rotatable bonds is 7. The van der Waals surface area contributed by atoms with Crippen LogP contribution in [-0.2, 0) is 11.2 Å². The molecule has 0 unspecified atom stereocenters. The first-order valence-corrected chi connectivity index (χ1v) is 13.5. The summed E-state index contributed by atoms with van der Waals surface area (Å²) in [6.07, 6.45) is 3.75. The van der Waals surface area contributed by atoms with E-state index in [2.05, 4.69) is 24.1 Å². The maximum Gasteiger partial charge on any atom is 0.410 e. The summed E-state index contributed by atoms with van der Waals surface area (Å²) in [6.45, 7) is 11.1. The molecule has 10 heteroatoms. The van der Waals surface area contributed by atoms with E-state index in [9.17, 15) is 14.7 Å². The lowest BCUT2D eigenvalue weighted by Crippen LogP contribution is -2.42. The number of amides is 1. The Bertz CT molecular complexity index is 1240. The van der Waals surface area contributed by atoms with E-state index in [1.54, 1.807) is 17.2 Å². The van der Waals surface area contributed by atoms with Crippen LogP contribution in [0.3, 0.4) is 0 Å². The van der Waals surface area contributed by atoms with Crippen molar-refractivity contribution in [1.82, 2.24) is 19.7 Å². The van der Waals surface area contributed by atoms with Crippen molar-refractivity contribution in [2.24, 2.45) is 5.92 Å². The zero-order chi connectivity index (χ0) is 26.7. The van der Waals surface area contributed by atoms with E-state index in [4.69, 9.17) is 9.84 Å². The third-order valence-electron chi connectivity index (χ3n) is 6.06. The highest BCUT2D eigenvalue weighted by Gasteiger charge is 2.29. The topological polar surface area (TPSA) is 110 Å². The summed E-state index contributed by atoms with van der Waals surface area (Å²) in [6, 6.07) is 7.61. The lowest BCUT2D eigenvalue weighted by Gasteiger charge is -2.34. The number of aromatic carboxylic acids is 1. The first-order chi connectivity index (χ1) is 17.5. The lowest BCUT2D eigenvalue weighted by atomic mass is 10.0. The number of carbonyl (C=O) groups is 2. The van der Waals surface area contributed by atoms with Crippen LogP contribution >= 0.6 is 11.3 Å². The van der Waals surface area contributed by atoms with E-state index in [1.807, 2.05) is 49.0 Å². The molecule has 0 aromatic carbocycles. The largest absolute Gasteiger partial charge is 0.478 e. The predicted octanol–water partition coefficient (Wildman–Crippen LogP) is 6.22. The van der Waals surface area contributed by atoms with Crippen LogP contribution in [0.25, 0.3) is 10.4 Å². The van der Waals surface area contributed by atoms with Crippen molar-refractivity contribution in [3.05, 3.63) is 47.1 Å². The second-order valence-corrected chi connectivity index (χ2v) is 11.7. The van der Waals surface area contributed by atoms with Gasteiger partial charge < -0.3 is 20.1 Å². The van der Waals surface area contributed by atoms with Gasteiger partial charge in [-0.25, -0.2) is 14.6 Å². The minimum absolute atomic E-state index is 0.0940. The van der Waals surface area contributed by atoms with Crippen molar-refractivity contribution in [3.8, 4) is 10.4 Å². The molecule has 9 nitrogen and oxygen atoms in total. The maximum absolute atomic E-state index is 12.5. The SMILES string of the molecule is CC(C)Cc1cc(Nc2ncc(-c3cccs3)cc2C(=O)O)nn1C1CCN(C(=O)OC(C)(C)C)CC1. The first-order valence-electron chi connectivity index (χ1n) is 12.6. The number of hydrogen-bond acceptors (Lipinski definition) is 7. The Morgan fingerprint density at radius 3 is 2.57 bits per heavy atom. The minimum Gasteiger partial charge on any atom is -0.478 e. The minimum atomic E-state index is -1.05. The van der Waals surface area contributed by atoms with Gasteiger partial charge in [-0.15, -0.1) is 11.3 Å². The number of nitrogens with one attached hydrogen (secondary N) is 1. The van der Waals surface area contributed by atoms with Gasteiger partial charge in [-0.05, 0) is 63.5 Å². The molecular formula is C27H35N5O4S. The molecule has 37 heavy (non-hydrogen) atoms. The smallest absolute Gasteiger partial charge is 0.410 e. The van der Waals surface area contributed by atoms with E-state index in [-0.39, 0.29) is 23.5 Å². The summed E-state index contributed by atoms with van der Waals surface area (Å²) in [4.78, 5) is 31.7. The summed E-state index contributed by atoms with van der Waals surface area (Å²) in [5.74, 6) is 0.185. The zero-order valence-corrected chi connectivity index (χ0v) is 22.8. The second kappa shape index (κ2) is 10.9. The number of pyridine rings is 1. The van der Waals surface area contributed by atoms with Gasteiger partial charge in [0.05, 0.1) is 6.04 Å². The molecule has 1 fully saturated rings. The number of thiophene rings is 1. The van der Waals surface area contributed by atoms with Crippen LogP contribution in [0.1, 0.15) is 69.6 Å². The van der Waals surface area contributed by atoms with E-state index in [1.165, 1.54) is 11.3 Å². The maximum atomic E-state index is 12.5. The van der Waals surface area contributed by atoms with Gasteiger partial charge in [-0.1, -0.05) is 19.9 Å². The Balaban J connectivity index is 1.54. The fraction of sp³-hybridized carbons (Fsp3) is 0.481. The van der Waals surface area contributed by atoms with Crippen LogP contribution in [0.2, 0.25) is 0 Å². The van der Waals surface area contributed by atoms with Gasteiger partial charge in [0.1, 0.15) is 17.0 Å². The number of piperidine rings is 1. The molecule has 198 valence electrons. The highest BCUT2D eigenvalue weighted by atomic mass is 32.1. The number of anilines is 2. The average molecular weight is 526 g/mol. The molecule has 0 spiro atoms. The number of hydrogen-bond donors (Lipinski definition) is 2. The van der Waals surface area contributed by atoms with Crippen LogP contribution in [0.5, 0.6) is 0 Å². The van der Waals surface area contributed by atoms with Gasteiger partial charge in [0.15, 0.2) is 5.82 Å². The van der Waals surface area contributed by atoms with Crippen molar-refractivity contribution in [3.63, 3.8) is 0 Å². The van der Waals surface area contributed by atoms with Crippen molar-refractivity contribution in [2.75, 3.05) is 18.4 Å². The highest BCUT2D eigenvalue weighted by Crippen LogP contribution is 2.31. The van der Waals surface area contributed by atoms with E-state index in [0.29, 0.717) is 24.8 Å². The number of nitrogens with zero attached hydrogens (tertiary/aromatic N) is 4. The number of carbonyl (C=O) groups excluding carboxylic acids is 1. The molecule has 3 aromatic rings. The van der Waals surface area contributed by atoms with Crippen molar-refractivity contribution < 1.29 is 19.4 Å². The van der Waals surface area contributed by atoms with Crippen LogP contribution in [0, 0.1) is 5.92 Å². The van der Waals surface area contributed by atoms with Gasteiger partial charge >= 0.3 is 12.1 Å². The van der Waals surface area contributed by atoms with E-state index < -0.39 is 11.6 Å². The van der Waals surface area contributed by atoms with Crippen molar-refractivity contribution >= 4 is 35.0 Å². The third kappa shape index (κ3) is 6.68. The van der Waals surface area contributed by atoms with Crippen LogP contribution < -0.4 is 5.32 Å². The molecule has 2 N–H and O–H groups in total. The number of ether oxygens (including phenoxy) is 1. The Kier molecular flexibility index (Phi) is 7.87. The molecule has 3 aromatic heterocycles. The number of carboxylic acid groups (broad SMARTS) is 1. The highest BCUT2D eigenvalue weighted by molar-refractivity contribution is 7.13. The summed E-state index contributed by atoms with van der Waals surface area (Å²) < 4.78 is 7.56. The van der Waals surface area contributed by atoms with Crippen molar-refractivity contribution in [2.45, 2.75) is 65.5 Å². The predicted molar refractivity (Wildman–Crippen MR) is 145 cm³/mol. The molecule has 0 aliphatic carbocycles. The summed E-state index contributed by atoms with van der Waals surface area (Å²) in [7, 11) is 0. The molecule has 0 atom stereocenters. The zero-order valence-electron chi connectivity index (χ0n) is 22.0. The number of carboxylic acids is 1. The Morgan fingerprint density at radius 2 is 1.97 bits per heavy atom. The summed E-state index contributed by atoms with van der Waals surface area (Å²) in [5, 5.41) is 19.8. The summed E-state index contributed by atoms with van der Waals surface area (Å²) >= 11 is 1.54. The Labute approximate surface area is 221 Å². The molecule has 1 aliphatic rings. The van der Waals surface area contributed by atoms with Gasteiger partial charge in [0.2, 0.25) is 0 Å². The van der Waals surface area contributed by atoms with Crippen LogP contribution in [-0.4, -0.2) is 55.5 Å². The van der Waals surface area contributed by atoms with Gasteiger partial charge in [0, 0.05) is 41.5 Å². The number of aromatic nitrogens is 3. The quantitative estimate of drug-likeness (QED) is 0.377. The Morgan fingerprint density at radius 1 is 1.24 bits per heavy atom. The molecule has 0 bridgehead atoms. The van der Waals surface area contributed by atoms with E-state index >= 15 is 0 Å². The van der Waals surface area contributed by atoms with Gasteiger partial charge in [-0.2, -0.15) is 5.10 Å². The van der Waals surface area contributed by atoms with Crippen LogP contribution in [0.15, 0.2) is 35.8 Å². The van der Waals surface area contributed by atoms with Gasteiger partial charge in [0.25, 0.3) is 0 Å². The molecule has 4 heterocycles. The second-order valence-electron chi connectivity index (χ2n) is 10.8. The molecule has 1 saturated heterocycles. The average Bonchev–Trinajstić information content (AvgIpc) is 3.48. The molecule has 1 aliphatic heterocycles. The summed E-state index contributed by atoms with van der Waals surface area (Å²) in [5.41, 5.74) is 1.41. The third-order valence-corrected chi connectivity index (χ3v) is 6.98. The normalized spacial score (nSPS) is 14.7.